The number of hydrogen-bond donors (Lipinski definition) is 3. The number of methoxy groups -OCH3 is 1. The van der Waals surface area contributed by atoms with Gasteiger partial charge in [-0.1, -0.05) is 48.5 Å². The van der Waals surface area contributed by atoms with E-state index in [1.165, 1.54) is 0 Å². The molecule has 1 heterocycles. The number of aromatic nitrogens is 1. The zero-order valence-corrected chi connectivity index (χ0v) is 22.8. The predicted molar refractivity (Wildman–Crippen MR) is 141 cm³/mol. The molecule has 0 spiro atoms. The molecule has 0 saturated carbocycles. The van der Waals surface area contributed by atoms with Crippen LogP contribution in [-0.2, 0) is 30.2 Å². The first-order valence-electron chi connectivity index (χ1n) is 12.4. The monoisotopic (exact) mass is 496 g/mol. The number of hydroxylamine groups is 1. The fraction of sp³-hybridized carbons (Fsp3) is 0.483. The molecular formula is C29H40N2O5. The molecule has 196 valence electrons. The van der Waals surface area contributed by atoms with Crippen molar-refractivity contribution in [1.82, 2.24) is 10.5 Å². The molecule has 0 radical (unpaired) electrons. The van der Waals surface area contributed by atoms with E-state index >= 15 is 0 Å². The lowest BCUT2D eigenvalue weighted by Crippen LogP contribution is -2.19. The summed E-state index contributed by atoms with van der Waals surface area (Å²) in [6.07, 6.45) is 2.84. The number of phenols is 1. The lowest BCUT2D eigenvalue weighted by atomic mass is 9.78. The number of aromatic hydroxyl groups is 1. The zero-order chi connectivity index (χ0) is 26.7. The molecule has 7 nitrogen and oxygen atoms in total. The van der Waals surface area contributed by atoms with E-state index in [4.69, 9.17) is 18.9 Å². The molecule has 0 amide bonds. The minimum atomic E-state index is -0.118. The summed E-state index contributed by atoms with van der Waals surface area (Å²) in [7, 11) is 1.72. The standard InChI is InChI=1S/C29H40N2O5/c1-9-20-21(16-30-33)25(11-10-24(20)32)35-13-12-19-17-36-27(31-19)18-14-22(28(2,3)4)26(34-8)23(15-18)29(5,6)7/h10-11,14-15,17,30,32-33H,9,12-13,16H2,1-8H3. The summed E-state index contributed by atoms with van der Waals surface area (Å²) >= 11 is 0. The lowest BCUT2D eigenvalue weighted by molar-refractivity contribution is 0.159. The van der Waals surface area contributed by atoms with Crippen LogP contribution in [-0.4, -0.2) is 29.0 Å². The van der Waals surface area contributed by atoms with Gasteiger partial charge >= 0.3 is 0 Å². The van der Waals surface area contributed by atoms with Crippen molar-refractivity contribution in [3.8, 4) is 28.7 Å². The number of phenolic OH excluding ortho intramolecular Hbond substituents is 1. The Morgan fingerprint density at radius 3 is 2.17 bits per heavy atom. The van der Waals surface area contributed by atoms with Crippen molar-refractivity contribution < 1.29 is 24.2 Å². The fourth-order valence-corrected chi connectivity index (χ4v) is 4.37. The Labute approximate surface area is 214 Å². The largest absolute Gasteiger partial charge is 0.508 e. The van der Waals surface area contributed by atoms with E-state index in [0.717, 1.165) is 39.3 Å². The Morgan fingerprint density at radius 2 is 1.64 bits per heavy atom. The van der Waals surface area contributed by atoms with E-state index in [-0.39, 0.29) is 23.1 Å². The molecule has 0 aliphatic carbocycles. The van der Waals surface area contributed by atoms with Gasteiger partial charge in [-0.05, 0) is 41.5 Å². The SMILES string of the molecule is CCc1c(O)ccc(OCCc2coc(-c3cc(C(C)(C)C)c(OC)c(C(C)(C)C)c3)n2)c1CNO. The molecule has 36 heavy (non-hydrogen) atoms. The molecule has 2 aromatic carbocycles. The Hall–Kier alpha value is -3.03. The predicted octanol–water partition coefficient (Wildman–Crippen LogP) is 6.31. The van der Waals surface area contributed by atoms with Gasteiger partial charge in [0.2, 0.25) is 5.89 Å². The highest BCUT2D eigenvalue weighted by Gasteiger charge is 2.28. The molecule has 0 atom stereocenters. The van der Waals surface area contributed by atoms with Crippen LogP contribution in [0.3, 0.4) is 0 Å². The second-order valence-corrected chi connectivity index (χ2v) is 11.1. The molecule has 7 heteroatoms. The molecule has 3 rings (SSSR count). The van der Waals surface area contributed by atoms with Crippen molar-refractivity contribution >= 4 is 0 Å². The smallest absolute Gasteiger partial charge is 0.226 e. The fourth-order valence-electron chi connectivity index (χ4n) is 4.37. The number of nitrogens with zero attached hydrogens (tertiary/aromatic N) is 1. The molecule has 0 unspecified atom stereocenters. The molecular weight excluding hydrogens is 456 g/mol. The van der Waals surface area contributed by atoms with Crippen molar-refractivity contribution in [2.45, 2.75) is 78.7 Å². The highest BCUT2D eigenvalue weighted by Crippen LogP contribution is 2.42. The first-order chi connectivity index (χ1) is 16.9. The highest BCUT2D eigenvalue weighted by atomic mass is 16.5. The first-order valence-corrected chi connectivity index (χ1v) is 12.4. The highest BCUT2D eigenvalue weighted by molar-refractivity contribution is 5.63. The number of hydrogen-bond acceptors (Lipinski definition) is 7. The van der Waals surface area contributed by atoms with Crippen molar-refractivity contribution in [2.24, 2.45) is 0 Å². The Balaban J connectivity index is 1.85. The van der Waals surface area contributed by atoms with E-state index in [0.29, 0.717) is 31.1 Å². The molecule has 0 fully saturated rings. The van der Waals surface area contributed by atoms with Gasteiger partial charge in [0.15, 0.2) is 0 Å². The third-order valence-electron chi connectivity index (χ3n) is 6.30. The Morgan fingerprint density at radius 1 is 1.00 bits per heavy atom. The summed E-state index contributed by atoms with van der Waals surface area (Å²) in [6.45, 7) is 15.6. The second kappa shape index (κ2) is 10.9. The van der Waals surface area contributed by atoms with Gasteiger partial charge in [-0.15, -0.1) is 0 Å². The van der Waals surface area contributed by atoms with Gasteiger partial charge < -0.3 is 24.2 Å². The average Bonchev–Trinajstić information content (AvgIpc) is 3.27. The number of oxazole rings is 1. The van der Waals surface area contributed by atoms with Gasteiger partial charge in [0.25, 0.3) is 0 Å². The van der Waals surface area contributed by atoms with Gasteiger partial charge in [0.1, 0.15) is 23.5 Å². The molecule has 0 aliphatic rings. The number of benzene rings is 2. The van der Waals surface area contributed by atoms with Crippen LogP contribution in [0.25, 0.3) is 11.5 Å². The minimum Gasteiger partial charge on any atom is -0.508 e. The van der Waals surface area contributed by atoms with Crippen LogP contribution in [0.15, 0.2) is 34.9 Å². The van der Waals surface area contributed by atoms with Gasteiger partial charge in [0, 0.05) is 40.8 Å². The summed E-state index contributed by atoms with van der Waals surface area (Å²) in [4.78, 5) is 4.74. The maximum atomic E-state index is 10.1. The van der Waals surface area contributed by atoms with Gasteiger partial charge in [-0.3, -0.25) is 0 Å². The maximum absolute atomic E-state index is 10.1. The molecule has 0 saturated heterocycles. The quantitative estimate of drug-likeness (QED) is 0.299. The van der Waals surface area contributed by atoms with Crippen molar-refractivity contribution in [3.05, 3.63) is 58.5 Å². The molecule has 3 N–H and O–H groups in total. The van der Waals surface area contributed by atoms with E-state index in [1.807, 2.05) is 6.92 Å². The molecule has 3 aromatic rings. The van der Waals surface area contributed by atoms with Crippen LogP contribution in [0.2, 0.25) is 0 Å². The van der Waals surface area contributed by atoms with E-state index in [1.54, 1.807) is 25.5 Å². The van der Waals surface area contributed by atoms with Crippen LogP contribution in [0.5, 0.6) is 17.2 Å². The topological polar surface area (TPSA) is 97.0 Å². The summed E-state index contributed by atoms with van der Waals surface area (Å²) in [5.74, 6) is 2.29. The average molecular weight is 497 g/mol. The van der Waals surface area contributed by atoms with Crippen molar-refractivity contribution in [1.29, 1.82) is 0 Å². The van der Waals surface area contributed by atoms with Crippen LogP contribution in [0, 0.1) is 0 Å². The van der Waals surface area contributed by atoms with Gasteiger partial charge in [-0.2, -0.15) is 0 Å². The molecule has 1 aromatic heterocycles. The molecule has 0 aliphatic heterocycles. The zero-order valence-electron chi connectivity index (χ0n) is 22.8. The summed E-state index contributed by atoms with van der Waals surface area (Å²) in [5.41, 5.74) is 7.34. The maximum Gasteiger partial charge on any atom is 0.226 e. The van der Waals surface area contributed by atoms with Crippen LogP contribution in [0.1, 0.15) is 76.4 Å². The Kier molecular flexibility index (Phi) is 8.37. The van der Waals surface area contributed by atoms with Crippen LogP contribution < -0.4 is 15.0 Å². The molecule has 0 bridgehead atoms. The minimum absolute atomic E-state index is 0.118. The van der Waals surface area contributed by atoms with Crippen LogP contribution >= 0.6 is 0 Å². The van der Waals surface area contributed by atoms with Gasteiger partial charge in [-0.25, -0.2) is 10.5 Å². The summed E-state index contributed by atoms with van der Waals surface area (Å²) in [6, 6.07) is 7.55. The third kappa shape index (κ3) is 6.02. The summed E-state index contributed by atoms with van der Waals surface area (Å²) < 4.78 is 17.8. The number of ether oxygens (including phenoxy) is 2. The first kappa shape index (κ1) is 27.6. The van der Waals surface area contributed by atoms with E-state index < -0.39 is 0 Å². The van der Waals surface area contributed by atoms with Crippen molar-refractivity contribution in [3.63, 3.8) is 0 Å². The van der Waals surface area contributed by atoms with Crippen LogP contribution in [0.4, 0.5) is 0 Å². The number of rotatable bonds is 9. The third-order valence-corrected chi connectivity index (χ3v) is 6.30. The normalized spacial score (nSPS) is 12.1. The number of nitrogens with one attached hydrogen (secondary N) is 1. The van der Waals surface area contributed by atoms with E-state index in [2.05, 4.69) is 59.2 Å². The second-order valence-electron chi connectivity index (χ2n) is 11.1. The Bertz CT molecular complexity index is 1150. The lowest BCUT2D eigenvalue weighted by Gasteiger charge is -2.29. The van der Waals surface area contributed by atoms with E-state index in [9.17, 15) is 10.3 Å². The van der Waals surface area contributed by atoms with Gasteiger partial charge in [0.05, 0.1) is 19.4 Å². The van der Waals surface area contributed by atoms with Crippen molar-refractivity contribution in [2.75, 3.05) is 13.7 Å². The summed E-state index contributed by atoms with van der Waals surface area (Å²) in [5, 5.41) is 19.4.